The highest BCUT2D eigenvalue weighted by Crippen LogP contribution is 2.28. The van der Waals surface area contributed by atoms with Gasteiger partial charge in [-0.15, -0.1) is 0 Å². The minimum absolute atomic E-state index is 0.145. The van der Waals surface area contributed by atoms with E-state index in [2.05, 4.69) is 4.98 Å². The van der Waals surface area contributed by atoms with Gasteiger partial charge in [0.1, 0.15) is 5.75 Å². The van der Waals surface area contributed by atoms with Crippen molar-refractivity contribution in [1.82, 2.24) is 4.98 Å². The van der Waals surface area contributed by atoms with E-state index in [4.69, 9.17) is 10.5 Å². The Labute approximate surface area is 77.9 Å². The van der Waals surface area contributed by atoms with Gasteiger partial charge in [0.15, 0.2) is 0 Å². The standard InChI is InChI=1S/C10H14N2O/c1-13-7-5-8-9(11)3-2-4-10(8)12-6-7/h5-6,9H,2-4,11H2,1H3. The van der Waals surface area contributed by atoms with E-state index < -0.39 is 0 Å². The number of nitrogens with zero attached hydrogens (tertiary/aromatic N) is 1. The monoisotopic (exact) mass is 178 g/mol. The van der Waals surface area contributed by atoms with E-state index >= 15 is 0 Å². The second-order valence-corrected chi connectivity index (χ2v) is 3.41. The number of hydrogen-bond acceptors (Lipinski definition) is 3. The van der Waals surface area contributed by atoms with Crippen LogP contribution in [0.5, 0.6) is 5.75 Å². The highest BCUT2D eigenvalue weighted by Gasteiger charge is 2.18. The molecule has 0 amide bonds. The Hall–Kier alpha value is -1.09. The Kier molecular flexibility index (Phi) is 2.19. The van der Waals surface area contributed by atoms with Crippen molar-refractivity contribution in [3.63, 3.8) is 0 Å². The van der Waals surface area contributed by atoms with Gasteiger partial charge in [-0.25, -0.2) is 0 Å². The molecule has 2 N–H and O–H groups in total. The first kappa shape index (κ1) is 8.51. The summed E-state index contributed by atoms with van der Waals surface area (Å²) >= 11 is 0. The Bertz CT molecular complexity index is 312. The quantitative estimate of drug-likeness (QED) is 0.707. The molecule has 2 rings (SSSR count). The fourth-order valence-corrected chi connectivity index (χ4v) is 1.78. The van der Waals surface area contributed by atoms with Gasteiger partial charge in [0.25, 0.3) is 0 Å². The molecular weight excluding hydrogens is 164 g/mol. The molecule has 3 heteroatoms. The molecule has 13 heavy (non-hydrogen) atoms. The lowest BCUT2D eigenvalue weighted by Gasteiger charge is -2.21. The number of nitrogens with two attached hydrogens (primary N) is 1. The molecule has 0 aliphatic heterocycles. The van der Waals surface area contributed by atoms with Gasteiger partial charge in [-0.1, -0.05) is 0 Å². The SMILES string of the molecule is COc1cnc2c(c1)C(N)CCC2. The molecular formula is C10H14N2O. The molecule has 1 aliphatic rings. The number of rotatable bonds is 1. The summed E-state index contributed by atoms with van der Waals surface area (Å²) in [7, 11) is 1.65. The van der Waals surface area contributed by atoms with Crippen LogP contribution in [0.1, 0.15) is 30.1 Å². The van der Waals surface area contributed by atoms with Gasteiger partial charge >= 0.3 is 0 Å². The first-order valence-electron chi connectivity index (χ1n) is 4.59. The second-order valence-electron chi connectivity index (χ2n) is 3.41. The van der Waals surface area contributed by atoms with Crippen LogP contribution in [0.4, 0.5) is 0 Å². The second kappa shape index (κ2) is 3.34. The van der Waals surface area contributed by atoms with E-state index in [0.29, 0.717) is 0 Å². The van der Waals surface area contributed by atoms with Crippen molar-refractivity contribution in [1.29, 1.82) is 0 Å². The van der Waals surface area contributed by atoms with Crippen LogP contribution < -0.4 is 10.5 Å². The van der Waals surface area contributed by atoms with Crippen molar-refractivity contribution >= 4 is 0 Å². The molecule has 0 fully saturated rings. The van der Waals surface area contributed by atoms with Crippen LogP contribution in [-0.2, 0) is 6.42 Å². The van der Waals surface area contributed by atoms with Crippen LogP contribution in [0.25, 0.3) is 0 Å². The number of aryl methyl sites for hydroxylation is 1. The lowest BCUT2D eigenvalue weighted by molar-refractivity contribution is 0.409. The predicted octanol–water partition coefficient (Wildman–Crippen LogP) is 1.43. The number of hydrogen-bond donors (Lipinski definition) is 1. The topological polar surface area (TPSA) is 48.1 Å². The van der Waals surface area contributed by atoms with Crippen molar-refractivity contribution in [2.75, 3.05) is 7.11 Å². The molecule has 0 spiro atoms. The van der Waals surface area contributed by atoms with E-state index in [-0.39, 0.29) is 6.04 Å². The lowest BCUT2D eigenvalue weighted by Crippen LogP contribution is -2.18. The summed E-state index contributed by atoms with van der Waals surface area (Å²) in [6.07, 6.45) is 5.01. The van der Waals surface area contributed by atoms with Gasteiger partial charge in [0.05, 0.1) is 13.3 Å². The molecule has 0 aromatic carbocycles. The van der Waals surface area contributed by atoms with Crippen LogP contribution in [0, 0.1) is 0 Å². The summed E-state index contributed by atoms with van der Waals surface area (Å²) in [5, 5.41) is 0. The number of aromatic nitrogens is 1. The summed E-state index contributed by atoms with van der Waals surface area (Å²) in [5.41, 5.74) is 8.27. The largest absolute Gasteiger partial charge is 0.495 e. The number of methoxy groups -OCH3 is 1. The summed E-state index contributed by atoms with van der Waals surface area (Å²) < 4.78 is 5.11. The lowest BCUT2D eigenvalue weighted by atomic mass is 9.92. The fourth-order valence-electron chi connectivity index (χ4n) is 1.78. The van der Waals surface area contributed by atoms with E-state index in [9.17, 15) is 0 Å². The Morgan fingerprint density at radius 3 is 3.23 bits per heavy atom. The minimum Gasteiger partial charge on any atom is -0.495 e. The Balaban J connectivity index is 2.41. The fraction of sp³-hybridized carbons (Fsp3) is 0.500. The van der Waals surface area contributed by atoms with Crippen LogP contribution in [0.3, 0.4) is 0 Å². The molecule has 70 valence electrons. The first-order chi connectivity index (χ1) is 6.31. The smallest absolute Gasteiger partial charge is 0.137 e. The van der Waals surface area contributed by atoms with Crippen molar-refractivity contribution in [3.05, 3.63) is 23.5 Å². The van der Waals surface area contributed by atoms with E-state index in [0.717, 1.165) is 36.3 Å². The molecule has 1 aromatic heterocycles. The van der Waals surface area contributed by atoms with Gasteiger partial charge in [-0.3, -0.25) is 4.98 Å². The Morgan fingerprint density at radius 2 is 2.46 bits per heavy atom. The van der Waals surface area contributed by atoms with E-state index in [1.54, 1.807) is 13.3 Å². The van der Waals surface area contributed by atoms with Gasteiger partial charge in [0, 0.05) is 11.7 Å². The maximum Gasteiger partial charge on any atom is 0.137 e. The number of fused-ring (bicyclic) bond motifs is 1. The third-order valence-electron chi connectivity index (χ3n) is 2.54. The molecule has 1 unspecified atom stereocenters. The van der Waals surface area contributed by atoms with Gasteiger partial charge in [0.2, 0.25) is 0 Å². The number of ether oxygens (including phenoxy) is 1. The predicted molar refractivity (Wildman–Crippen MR) is 50.7 cm³/mol. The van der Waals surface area contributed by atoms with Crippen LogP contribution in [0.2, 0.25) is 0 Å². The zero-order chi connectivity index (χ0) is 9.26. The highest BCUT2D eigenvalue weighted by atomic mass is 16.5. The van der Waals surface area contributed by atoms with Gasteiger partial charge in [-0.2, -0.15) is 0 Å². The van der Waals surface area contributed by atoms with Gasteiger partial charge in [-0.05, 0) is 30.9 Å². The normalized spacial score (nSPS) is 20.9. The Morgan fingerprint density at radius 1 is 1.62 bits per heavy atom. The molecule has 1 heterocycles. The highest BCUT2D eigenvalue weighted by molar-refractivity contribution is 5.33. The van der Waals surface area contributed by atoms with Crippen molar-refractivity contribution in [3.8, 4) is 5.75 Å². The maximum absolute atomic E-state index is 5.97. The third kappa shape index (κ3) is 1.52. The molecule has 0 saturated heterocycles. The van der Waals surface area contributed by atoms with Crippen molar-refractivity contribution in [2.24, 2.45) is 5.73 Å². The maximum atomic E-state index is 5.97. The zero-order valence-corrected chi connectivity index (χ0v) is 7.79. The molecule has 3 nitrogen and oxygen atoms in total. The van der Waals surface area contributed by atoms with E-state index in [1.165, 1.54) is 0 Å². The molecule has 0 radical (unpaired) electrons. The summed E-state index contributed by atoms with van der Waals surface area (Å²) in [6.45, 7) is 0. The van der Waals surface area contributed by atoms with Crippen molar-refractivity contribution < 1.29 is 4.74 Å². The van der Waals surface area contributed by atoms with Crippen molar-refractivity contribution in [2.45, 2.75) is 25.3 Å². The van der Waals surface area contributed by atoms with Gasteiger partial charge < -0.3 is 10.5 Å². The third-order valence-corrected chi connectivity index (χ3v) is 2.54. The van der Waals surface area contributed by atoms with Crippen LogP contribution in [-0.4, -0.2) is 12.1 Å². The molecule has 1 aliphatic carbocycles. The zero-order valence-electron chi connectivity index (χ0n) is 7.79. The molecule has 1 atom stereocenters. The molecule has 0 saturated carbocycles. The summed E-state index contributed by atoms with van der Waals surface area (Å²) in [6, 6.07) is 2.15. The van der Waals surface area contributed by atoms with E-state index in [1.807, 2.05) is 6.07 Å². The summed E-state index contributed by atoms with van der Waals surface area (Å²) in [5.74, 6) is 0.802. The molecule has 1 aromatic rings. The average molecular weight is 178 g/mol. The van der Waals surface area contributed by atoms with Crippen LogP contribution >= 0.6 is 0 Å². The minimum atomic E-state index is 0.145. The average Bonchev–Trinajstić information content (AvgIpc) is 2.18. The summed E-state index contributed by atoms with van der Waals surface area (Å²) in [4.78, 5) is 4.34. The van der Waals surface area contributed by atoms with Crippen LogP contribution in [0.15, 0.2) is 12.3 Å². The number of pyridine rings is 1. The molecule has 0 bridgehead atoms. The first-order valence-corrected chi connectivity index (χ1v) is 4.59.